The van der Waals surface area contributed by atoms with Gasteiger partial charge in [-0.05, 0) is 31.5 Å². The first-order valence-electron chi connectivity index (χ1n) is 9.08. The number of aromatic nitrogens is 1. The number of benzene rings is 1. The summed E-state index contributed by atoms with van der Waals surface area (Å²) < 4.78 is 29.7. The van der Waals surface area contributed by atoms with Gasteiger partial charge in [0.15, 0.2) is 5.96 Å². The quantitative estimate of drug-likeness (QED) is 0.464. The van der Waals surface area contributed by atoms with Gasteiger partial charge in [0.1, 0.15) is 11.6 Å². The minimum atomic E-state index is -2.89. The van der Waals surface area contributed by atoms with Crippen molar-refractivity contribution in [1.82, 2.24) is 15.6 Å². The number of nitrogens with one attached hydrogen (secondary N) is 3. The Morgan fingerprint density at radius 3 is 2.59 bits per heavy atom. The number of carbonyl (C=O) groups excluding carboxylic acids is 1. The maximum absolute atomic E-state index is 12.6. The first-order valence-corrected chi connectivity index (χ1v) is 9.08. The summed E-state index contributed by atoms with van der Waals surface area (Å²) in [5, 5.41) is 8.75. The van der Waals surface area contributed by atoms with Crippen molar-refractivity contribution >= 4 is 17.7 Å². The number of amides is 1. The standard InChI is InChI=1S/C20H25F2N5O2/c1-13-4-6-16(29-19(21)22)15(10-13)12-26-20(23-3)24-9-8-18(28)27-17-7-5-14(2)11-25-17/h4-7,10-11,19H,8-9,12H2,1-3H3,(H2,23,24,26)(H,25,27,28). The highest BCUT2D eigenvalue weighted by molar-refractivity contribution is 5.90. The van der Waals surface area contributed by atoms with Crippen LogP contribution in [-0.2, 0) is 11.3 Å². The van der Waals surface area contributed by atoms with E-state index in [1.807, 2.05) is 19.9 Å². The van der Waals surface area contributed by atoms with Crippen LogP contribution in [0.5, 0.6) is 5.75 Å². The van der Waals surface area contributed by atoms with Crippen LogP contribution in [0.2, 0.25) is 0 Å². The summed E-state index contributed by atoms with van der Waals surface area (Å²) in [5.41, 5.74) is 2.51. The average Bonchev–Trinajstić information content (AvgIpc) is 2.68. The second-order valence-corrected chi connectivity index (χ2v) is 6.36. The van der Waals surface area contributed by atoms with Crippen molar-refractivity contribution in [1.29, 1.82) is 0 Å². The molecule has 9 heteroatoms. The molecule has 29 heavy (non-hydrogen) atoms. The molecule has 0 atom stereocenters. The van der Waals surface area contributed by atoms with Gasteiger partial charge in [-0.25, -0.2) is 4.98 Å². The van der Waals surface area contributed by atoms with Crippen molar-refractivity contribution in [2.24, 2.45) is 4.99 Å². The number of aryl methyl sites for hydroxylation is 2. The maximum atomic E-state index is 12.6. The van der Waals surface area contributed by atoms with Gasteiger partial charge in [0.2, 0.25) is 5.91 Å². The van der Waals surface area contributed by atoms with Gasteiger partial charge in [-0.3, -0.25) is 9.79 Å². The van der Waals surface area contributed by atoms with E-state index in [9.17, 15) is 13.6 Å². The molecule has 1 aromatic heterocycles. The number of pyridine rings is 1. The lowest BCUT2D eigenvalue weighted by molar-refractivity contribution is -0.116. The first kappa shape index (κ1) is 22.1. The highest BCUT2D eigenvalue weighted by Crippen LogP contribution is 2.21. The van der Waals surface area contributed by atoms with Crippen LogP contribution in [0.25, 0.3) is 0 Å². The molecule has 0 fully saturated rings. The van der Waals surface area contributed by atoms with Gasteiger partial charge in [0.05, 0.1) is 0 Å². The zero-order valence-corrected chi connectivity index (χ0v) is 16.6. The van der Waals surface area contributed by atoms with Crippen LogP contribution in [0.15, 0.2) is 41.5 Å². The fraction of sp³-hybridized carbons (Fsp3) is 0.350. The second-order valence-electron chi connectivity index (χ2n) is 6.36. The van der Waals surface area contributed by atoms with Gasteiger partial charge in [0, 0.05) is 38.3 Å². The molecule has 0 aliphatic rings. The molecule has 0 saturated carbocycles. The van der Waals surface area contributed by atoms with Crippen molar-refractivity contribution in [3.63, 3.8) is 0 Å². The van der Waals surface area contributed by atoms with Gasteiger partial charge in [-0.1, -0.05) is 23.8 Å². The van der Waals surface area contributed by atoms with E-state index >= 15 is 0 Å². The Morgan fingerprint density at radius 1 is 1.17 bits per heavy atom. The summed E-state index contributed by atoms with van der Waals surface area (Å²) in [6, 6.07) is 8.58. The predicted octanol–water partition coefficient (Wildman–Crippen LogP) is 2.99. The van der Waals surface area contributed by atoms with E-state index in [2.05, 4.69) is 30.7 Å². The Labute approximate surface area is 168 Å². The molecule has 3 N–H and O–H groups in total. The summed E-state index contributed by atoms with van der Waals surface area (Å²) in [7, 11) is 1.58. The first-order chi connectivity index (χ1) is 13.9. The monoisotopic (exact) mass is 405 g/mol. The summed E-state index contributed by atoms with van der Waals surface area (Å²) >= 11 is 0. The smallest absolute Gasteiger partial charge is 0.387 e. The third-order valence-corrected chi connectivity index (χ3v) is 3.93. The second kappa shape index (κ2) is 10.9. The zero-order chi connectivity index (χ0) is 21.2. The number of nitrogens with zero attached hydrogens (tertiary/aromatic N) is 2. The third-order valence-electron chi connectivity index (χ3n) is 3.93. The normalized spacial score (nSPS) is 11.3. The van der Waals surface area contributed by atoms with Crippen LogP contribution >= 0.6 is 0 Å². The van der Waals surface area contributed by atoms with Crippen LogP contribution in [0.3, 0.4) is 0 Å². The van der Waals surface area contributed by atoms with E-state index in [0.717, 1.165) is 11.1 Å². The third kappa shape index (κ3) is 7.73. The van der Waals surface area contributed by atoms with Crippen LogP contribution < -0.4 is 20.7 Å². The maximum Gasteiger partial charge on any atom is 0.387 e. The van der Waals surface area contributed by atoms with Gasteiger partial charge in [-0.2, -0.15) is 8.78 Å². The van der Waals surface area contributed by atoms with E-state index in [-0.39, 0.29) is 24.6 Å². The zero-order valence-electron chi connectivity index (χ0n) is 16.6. The van der Waals surface area contributed by atoms with Crippen molar-refractivity contribution in [2.75, 3.05) is 18.9 Å². The fourth-order valence-electron chi connectivity index (χ4n) is 2.50. The Balaban J connectivity index is 1.81. The Hall–Kier alpha value is -3.23. The van der Waals surface area contributed by atoms with Crippen LogP contribution in [0.4, 0.5) is 14.6 Å². The molecule has 2 rings (SSSR count). The minimum Gasteiger partial charge on any atom is -0.434 e. The lowest BCUT2D eigenvalue weighted by atomic mass is 10.1. The number of hydrogen-bond donors (Lipinski definition) is 3. The molecular formula is C20H25F2N5O2. The summed E-state index contributed by atoms with van der Waals surface area (Å²) in [4.78, 5) is 20.2. The van der Waals surface area contributed by atoms with Gasteiger partial charge < -0.3 is 20.7 Å². The van der Waals surface area contributed by atoms with E-state index < -0.39 is 6.61 Å². The highest BCUT2D eigenvalue weighted by Gasteiger charge is 2.11. The summed E-state index contributed by atoms with van der Waals surface area (Å²) in [6.45, 7) is 1.47. The van der Waals surface area contributed by atoms with Crippen molar-refractivity contribution in [2.45, 2.75) is 33.4 Å². The Bertz CT molecular complexity index is 841. The SMILES string of the molecule is CN=C(NCCC(=O)Nc1ccc(C)cn1)NCc1cc(C)ccc1OC(F)F. The predicted molar refractivity (Wildman–Crippen MR) is 108 cm³/mol. The number of aliphatic imine (C=N–C) groups is 1. The van der Waals surface area contributed by atoms with Crippen LogP contribution in [-0.4, -0.2) is 37.1 Å². The molecule has 0 bridgehead atoms. The van der Waals surface area contributed by atoms with E-state index in [1.54, 1.807) is 31.4 Å². The van der Waals surface area contributed by atoms with Gasteiger partial charge >= 0.3 is 6.61 Å². The number of carbonyl (C=O) groups is 1. The highest BCUT2D eigenvalue weighted by atomic mass is 19.3. The minimum absolute atomic E-state index is 0.110. The molecule has 1 aromatic carbocycles. The molecule has 0 radical (unpaired) electrons. The Kier molecular flexibility index (Phi) is 8.32. The fourth-order valence-corrected chi connectivity index (χ4v) is 2.50. The molecule has 2 aromatic rings. The average molecular weight is 405 g/mol. The van der Waals surface area contributed by atoms with Gasteiger partial charge in [0.25, 0.3) is 0 Å². The number of rotatable bonds is 8. The molecule has 7 nitrogen and oxygen atoms in total. The number of halogens is 2. The molecule has 1 heterocycles. The number of guanidine groups is 1. The molecule has 1 amide bonds. The number of ether oxygens (including phenoxy) is 1. The summed E-state index contributed by atoms with van der Waals surface area (Å²) in [6.07, 6.45) is 1.89. The van der Waals surface area contributed by atoms with Crippen LogP contribution in [0.1, 0.15) is 23.1 Å². The topological polar surface area (TPSA) is 87.6 Å². The molecule has 0 aliphatic heterocycles. The Morgan fingerprint density at radius 2 is 1.93 bits per heavy atom. The van der Waals surface area contributed by atoms with E-state index in [0.29, 0.717) is 23.9 Å². The molecule has 0 aliphatic carbocycles. The van der Waals surface area contributed by atoms with Crippen molar-refractivity contribution in [3.05, 3.63) is 53.2 Å². The van der Waals surface area contributed by atoms with Crippen LogP contribution in [0, 0.1) is 13.8 Å². The molecule has 0 saturated heterocycles. The summed E-state index contributed by atoms with van der Waals surface area (Å²) in [5.74, 6) is 0.860. The molecular weight excluding hydrogens is 380 g/mol. The van der Waals surface area contributed by atoms with Gasteiger partial charge in [-0.15, -0.1) is 0 Å². The van der Waals surface area contributed by atoms with E-state index in [1.165, 1.54) is 6.07 Å². The largest absolute Gasteiger partial charge is 0.434 e. The van der Waals surface area contributed by atoms with E-state index in [4.69, 9.17) is 0 Å². The lowest BCUT2D eigenvalue weighted by Gasteiger charge is -2.15. The van der Waals surface area contributed by atoms with Crippen molar-refractivity contribution < 1.29 is 18.3 Å². The number of anilines is 1. The lowest BCUT2D eigenvalue weighted by Crippen LogP contribution is -2.38. The van der Waals surface area contributed by atoms with Crippen molar-refractivity contribution in [3.8, 4) is 5.75 Å². The molecule has 0 spiro atoms. The number of hydrogen-bond acceptors (Lipinski definition) is 4. The molecule has 156 valence electrons. The molecule has 0 unspecified atom stereocenters. The number of alkyl halides is 2.